The van der Waals surface area contributed by atoms with Gasteiger partial charge in [-0.2, -0.15) is 0 Å². The number of thioether (sulfide) groups is 2. The number of allylic oxidation sites excluding steroid dienone is 1. The van der Waals surface area contributed by atoms with E-state index in [1.807, 2.05) is 30.4 Å². The van der Waals surface area contributed by atoms with E-state index in [2.05, 4.69) is 0 Å². The molecule has 1 aliphatic heterocycles. The lowest BCUT2D eigenvalue weighted by Crippen LogP contribution is -2.18. The van der Waals surface area contributed by atoms with Gasteiger partial charge in [-0.3, -0.25) is 4.79 Å². The van der Waals surface area contributed by atoms with Gasteiger partial charge in [-0.25, -0.2) is 0 Å². The van der Waals surface area contributed by atoms with Crippen molar-refractivity contribution >= 4 is 29.3 Å². The number of ketones is 1. The average molecular weight is 217 g/mol. The molecule has 4 heteroatoms. The Kier molecular flexibility index (Phi) is 4.19. The van der Waals surface area contributed by atoms with Gasteiger partial charge in [0.2, 0.25) is 0 Å². The maximum absolute atomic E-state index is 11.3. The highest BCUT2D eigenvalue weighted by atomic mass is 32.2. The first kappa shape index (κ1) is 11.0. The van der Waals surface area contributed by atoms with E-state index < -0.39 is 0 Å². The average Bonchev–Trinajstić information content (AvgIpc) is 2.04. The molecule has 74 valence electrons. The van der Waals surface area contributed by atoms with E-state index in [1.54, 1.807) is 6.92 Å². The molecule has 0 aliphatic carbocycles. The fourth-order valence-electron chi connectivity index (χ4n) is 1.28. The monoisotopic (exact) mass is 217 g/mol. The Bertz CT molecular complexity index is 228. The SMILES string of the molecule is CC(=O)/C(=C(\C)N)C1SCCCS1. The summed E-state index contributed by atoms with van der Waals surface area (Å²) in [5, 5.41) is 0. The van der Waals surface area contributed by atoms with Gasteiger partial charge >= 0.3 is 0 Å². The van der Waals surface area contributed by atoms with E-state index in [4.69, 9.17) is 5.73 Å². The quantitative estimate of drug-likeness (QED) is 0.719. The van der Waals surface area contributed by atoms with Crippen molar-refractivity contribution in [3.8, 4) is 0 Å². The van der Waals surface area contributed by atoms with Crippen LogP contribution in [0.25, 0.3) is 0 Å². The van der Waals surface area contributed by atoms with Crippen molar-refractivity contribution in [2.24, 2.45) is 5.73 Å². The zero-order valence-corrected chi connectivity index (χ0v) is 9.63. The molecular formula is C9H15NOS2. The second-order valence-electron chi connectivity index (χ2n) is 3.08. The molecule has 0 bridgehead atoms. The molecule has 1 fully saturated rings. The standard InChI is InChI=1S/C9H15NOS2/c1-6(10)8(7(2)11)9-12-4-3-5-13-9/h9H,3-5,10H2,1-2H3/b8-6-. The summed E-state index contributed by atoms with van der Waals surface area (Å²) >= 11 is 3.66. The first-order valence-electron chi connectivity index (χ1n) is 4.33. The predicted octanol–water partition coefficient (Wildman–Crippen LogP) is 2.00. The lowest BCUT2D eigenvalue weighted by Gasteiger charge is -2.23. The van der Waals surface area contributed by atoms with Crippen LogP contribution in [-0.4, -0.2) is 21.9 Å². The maximum atomic E-state index is 11.3. The molecule has 2 nitrogen and oxygen atoms in total. The predicted molar refractivity (Wildman–Crippen MR) is 60.9 cm³/mol. The second-order valence-corrected chi connectivity index (χ2v) is 5.80. The van der Waals surface area contributed by atoms with E-state index in [-0.39, 0.29) is 10.4 Å². The highest BCUT2D eigenvalue weighted by Gasteiger charge is 2.23. The van der Waals surface area contributed by atoms with Gasteiger partial charge in [0.05, 0.1) is 4.58 Å². The highest BCUT2D eigenvalue weighted by molar-refractivity contribution is 8.17. The topological polar surface area (TPSA) is 43.1 Å². The van der Waals surface area contributed by atoms with Crippen LogP contribution in [-0.2, 0) is 4.79 Å². The van der Waals surface area contributed by atoms with Gasteiger partial charge in [-0.15, -0.1) is 23.5 Å². The molecule has 13 heavy (non-hydrogen) atoms. The molecule has 0 radical (unpaired) electrons. The van der Waals surface area contributed by atoms with E-state index in [1.165, 1.54) is 6.42 Å². The number of hydrogen-bond donors (Lipinski definition) is 1. The lowest BCUT2D eigenvalue weighted by atomic mass is 10.2. The molecule has 2 N–H and O–H groups in total. The number of carbonyl (C=O) groups excluding carboxylic acids is 1. The normalized spacial score (nSPS) is 21.1. The summed E-state index contributed by atoms with van der Waals surface area (Å²) < 4.78 is 0.274. The van der Waals surface area contributed by atoms with Crippen molar-refractivity contribution in [1.29, 1.82) is 0 Å². The van der Waals surface area contributed by atoms with Crippen molar-refractivity contribution in [2.45, 2.75) is 24.9 Å². The minimum absolute atomic E-state index is 0.117. The highest BCUT2D eigenvalue weighted by Crippen LogP contribution is 2.36. The van der Waals surface area contributed by atoms with Crippen molar-refractivity contribution in [3.05, 3.63) is 11.3 Å². The number of hydrogen-bond acceptors (Lipinski definition) is 4. The summed E-state index contributed by atoms with van der Waals surface area (Å²) in [5.74, 6) is 2.40. The third-order valence-corrected chi connectivity index (χ3v) is 4.81. The van der Waals surface area contributed by atoms with Gasteiger partial charge in [-0.05, 0) is 31.8 Å². The molecule has 1 aliphatic rings. The molecule has 0 saturated carbocycles. The van der Waals surface area contributed by atoms with Crippen LogP contribution < -0.4 is 5.73 Å². The van der Waals surface area contributed by atoms with Crippen LogP contribution in [0.15, 0.2) is 11.3 Å². The first-order valence-corrected chi connectivity index (χ1v) is 6.43. The minimum Gasteiger partial charge on any atom is -0.402 e. The summed E-state index contributed by atoms with van der Waals surface area (Å²) in [5.41, 5.74) is 7.20. The van der Waals surface area contributed by atoms with Crippen LogP contribution in [0.1, 0.15) is 20.3 Å². The second kappa shape index (κ2) is 4.96. The van der Waals surface area contributed by atoms with Crippen molar-refractivity contribution in [2.75, 3.05) is 11.5 Å². The van der Waals surface area contributed by atoms with Crippen LogP contribution in [0.4, 0.5) is 0 Å². The molecule has 1 rings (SSSR count). The Morgan fingerprint density at radius 2 is 1.85 bits per heavy atom. The summed E-state index contributed by atoms with van der Waals surface area (Å²) in [6.45, 7) is 3.41. The molecule has 0 amide bonds. The van der Waals surface area contributed by atoms with Gasteiger partial charge in [0.15, 0.2) is 5.78 Å². The van der Waals surface area contributed by atoms with Crippen LogP contribution in [0, 0.1) is 0 Å². The zero-order valence-electron chi connectivity index (χ0n) is 8.00. The third kappa shape index (κ3) is 2.95. The summed E-state index contributed by atoms with van der Waals surface area (Å²) in [4.78, 5) is 11.3. The number of carbonyl (C=O) groups is 1. The molecule has 1 saturated heterocycles. The Morgan fingerprint density at radius 1 is 1.31 bits per heavy atom. The number of nitrogens with two attached hydrogens (primary N) is 1. The van der Waals surface area contributed by atoms with E-state index in [0.717, 1.165) is 17.1 Å². The molecule has 0 atom stereocenters. The molecule has 0 aromatic rings. The number of rotatable bonds is 2. The van der Waals surface area contributed by atoms with Crippen molar-refractivity contribution < 1.29 is 4.79 Å². The lowest BCUT2D eigenvalue weighted by molar-refractivity contribution is -0.113. The zero-order chi connectivity index (χ0) is 9.84. The smallest absolute Gasteiger partial charge is 0.159 e. The van der Waals surface area contributed by atoms with Crippen molar-refractivity contribution in [1.82, 2.24) is 0 Å². The molecule has 0 unspecified atom stereocenters. The third-order valence-electron chi connectivity index (χ3n) is 1.87. The molecule has 0 spiro atoms. The fourth-order valence-corrected chi connectivity index (χ4v) is 4.52. The fraction of sp³-hybridized carbons (Fsp3) is 0.667. The molecular weight excluding hydrogens is 202 g/mol. The van der Waals surface area contributed by atoms with Crippen LogP contribution in [0.3, 0.4) is 0 Å². The summed E-state index contributed by atoms with van der Waals surface area (Å²) in [7, 11) is 0. The Hall–Kier alpha value is -0.0900. The van der Waals surface area contributed by atoms with Crippen LogP contribution >= 0.6 is 23.5 Å². The molecule has 0 aromatic carbocycles. The van der Waals surface area contributed by atoms with Gasteiger partial charge in [0.1, 0.15) is 0 Å². The Morgan fingerprint density at radius 3 is 2.23 bits per heavy atom. The first-order chi connectivity index (χ1) is 6.13. The van der Waals surface area contributed by atoms with Crippen LogP contribution in [0.2, 0.25) is 0 Å². The summed E-state index contributed by atoms with van der Waals surface area (Å²) in [6.07, 6.45) is 1.24. The van der Waals surface area contributed by atoms with Gasteiger partial charge in [0, 0.05) is 11.3 Å². The maximum Gasteiger partial charge on any atom is 0.159 e. The number of Topliss-reactive ketones (excluding diaryl/α,β-unsaturated/α-hetero) is 1. The Balaban J connectivity index is 2.75. The largest absolute Gasteiger partial charge is 0.402 e. The Labute approximate surface area is 87.7 Å². The summed E-state index contributed by atoms with van der Waals surface area (Å²) in [6, 6.07) is 0. The minimum atomic E-state index is 0.117. The van der Waals surface area contributed by atoms with E-state index in [9.17, 15) is 4.79 Å². The van der Waals surface area contributed by atoms with Gasteiger partial charge in [0.25, 0.3) is 0 Å². The van der Waals surface area contributed by atoms with E-state index in [0.29, 0.717) is 5.70 Å². The van der Waals surface area contributed by atoms with Crippen molar-refractivity contribution in [3.63, 3.8) is 0 Å². The van der Waals surface area contributed by atoms with E-state index >= 15 is 0 Å². The van der Waals surface area contributed by atoms with Gasteiger partial charge < -0.3 is 5.73 Å². The van der Waals surface area contributed by atoms with Gasteiger partial charge in [-0.1, -0.05) is 0 Å². The molecule has 1 heterocycles. The van der Waals surface area contributed by atoms with Crippen LogP contribution in [0.5, 0.6) is 0 Å². The molecule has 0 aromatic heterocycles.